The van der Waals surface area contributed by atoms with Crippen molar-refractivity contribution in [3.63, 3.8) is 0 Å². The van der Waals surface area contributed by atoms with Gasteiger partial charge in [-0.1, -0.05) is 29.8 Å². The van der Waals surface area contributed by atoms with E-state index in [9.17, 15) is 4.79 Å². The van der Waals surface area contributed by atoms with Crippen molar-refractivity contribution < 1.29 is 9.53 Å². The second-order valence-corrected chi connectivity index (χ2v) is 6.45. The number of ether oxygens (including phenoxy) is 1. The molecule has 0 saturated heterocycles. The van der Waals surface area contributed by atoms with E-state index in [1.165, 1.54) is 0 Å². The zero-order valence-corrected chi connectivity index (χ0v) is 16.1. The highest BCUT2D eigenvalue weighted by Gasteiger charge is 2.11. The number of rotatable bonds is 5. The van der Waals surface area contributed by atoms with Gasteiger partial charge in [0.2, 0.25) is 0 Å². The van der Waals surface area contributed by atoms with Crippen LogP contribution < -0.4 is 10.2 Å². The SMILES string of the molecule is COc1ccc(-n2c(C)cc(/C=N\NC(=O)c3ccccc3)c2C)cc1Cl. The van der Waals surface area contributed by atoms with Gasteiger partial charge in [0.05, 0.1) is 18.3 Å². The van der Waals surface area contributed by atoms with Crippen molar-refractivity contribution in [1.82, 2.24) is 9.99 Å². The zero-order valence-electron chi connectivity index (χ0n) is 15.4. The van der Waals surface area contributed by atoms with Gasteiger partial charge in [0.15, 0.2) is 0 Å². The molecule has 0 unspecified atom stereocenters. The molecule has 1 heterocycles. The third-order valence-corrected chi connectivity index (χ3v) is 4.56. The van der Waals surface area contributed by atoms with Crippen molar-refractivity contribution in [3.05, 3.63) is 82.1 Å². The number of aromatic nitrogens is 1. The van der Waals surface area contributed by atoms with E-state index in [-0.39, 0.29) is 5.91 Å². The number of hydrogen-bond donors (Lipinski definition) is 1. The van der Waals surface area contributed by atoms with Crippen LogP contribution in [0.5, 0.6) is 5.75 Å². The minimum atomic E-state index is -0.248. The number of nitrogens with one attached hydrogen (secondary N) is 1. The first kappa shape index (κ1) is 18.7. The van der Waals surface area contributed by atoms with E-state index in [1.54, 1.807) is 25.5 Å². The summed E-state index contributed by atoms with van der Waals surface area (Å²) in [5.74, 6) is 0.385. The second-order valence-electron chi connectivity index (χ2n) is 6.05. The van der Waals surface area contributed by atoms with Crippen LogP contribution in [-0.2, 0) is 0 Å². The van der Waals surface area contributed by atoms with Crippen molar-refractivity contribution in [2.24, 2.45) is 5.10 Å². The molecule has 1 amide bonds. The van der Waals surface area contributed by atoms with Crippen LogP contribution >= 0.6 is 11.6 Å². The molecule has 2 aromatic carbocycles. The predicted molar refractivity (Wildman–Crippen MR) is 108 cm³/mol. The lowest BCUT2D eigenvalue weighted by Crippen LogP contribution is -2.17. The van der Waals surface area contributed by atoms with Crippen LogP contribution in [0.4, 0.5) is 0 Å². The number of carbonyl (C=O) groups is 1. The Morgan fingerprint density at radius 2 is 1.89 bits per heavy atom. The molecule has 0 saturated carbocycles. The molecule has 5 nitrogen and oxygen atoms in total. The molecule has 0 aliphatic heterocycles. The smallest absolute Gasteiger partial charge is 0.271 e. The number of hydrazone groups is 1. The van der Waals surface area contributed by atoms with Crippen LogP contribution in [-0.4, -0.2) is 23.8 Å². The van der Waals surface area contributed by atoms with Crippen LogP contribution in [0.3, 0.4) is 0 Å². The van der Waals surface area contributed by atoms with Crippen molar-refractivity contribution in [2.75, 3.05) is 7.11 Å². The second kappa shape index (κ2) is 8.10. The molecule has 0 aliphatic carbocycles. The maximum absolute atomic E-state index is 12.1. The van der Waals surface area contributed by atoms with Crippen LogP contribution in [0.2, 0.25) is 5.02 Å². The van der Waals surface area contributed by atoms with Gasteiger partial charge >= 0.3 is 0 Å². The minimum absolute atomic E-state index is 0.248. The fourth-order valence-electron chi connectivity index (χ4n) is 2.92. The predicted octanol–water partition coefficient (Wildman–Crippen LogP) is 4.52. The summed E-state index contributed by atoms with van der Waals surface area (Å²) >= 11 is 6.26. The highest BCUT2D eigenvalue weighted by Crippen LogP contribution is 2.28. The number of methoxy groups -OCH3 is 1. The Labute approximate surface area is 163 Å². The molecule has 0 radical (unpaired) electrons. The summed E-state index contributed by atoms with van der Waals surface area (Å²) in [5.41, 5.74) is 6.98. The van der Waals surface area contributed by atoms with Gasteiger partial charge < -0.3 is 9.30 Å². The van der Waals surface area contributed by atoms with Gasteiger partial charge in [-0.15, -0.1) is 0 Å². The maximum atomic E-state index is 12.1. The molecule has 138 valence electrons. The topological polar surface area (TPSA) is 55.6 Å². The van der Waals surface area contributed by atoms with Gasteiger partial charge in [-0.3, -0.25) is 4.79 Å². The van der Waals surface area contributed by atoms with Gasteiger partial charge in [-0.2, -0.15) is 5.10 Å². The summed E-state index contributed by atoms with van der Waals surface area (Å²) in [5, 5.41) is 4.64. The Hall–Kier alpha value is -3.05. The van der Waals surface area contributed by atoms with Crippen LogP contribution in [0, 0.1) is 13.8 Å². The van der Waals surface area contributed by atoms with Gasteiger partial charge in [0.25, 0.3) is 5.91 Å². The largest absolute Gasteiger partial charge is 0.495 e. The van der Waals surface area contributed by atoms with E-state index in [0.717, 1.165) is 22.6 Å². The number of hydrogen-bond acceptors (Lipinski definition) is 3. The molecule has 1 aromatic heterocycles. The summed E-state index contributed by atoms with van der Waals surface area (Å²) < 4.78 is 7.29. The van der Waals surface area contributed by atoms with Crippen LogP contribution in [0.15, 0.2) is 59.7 Å². The molecule has 6 heteroatoms. The number of carbonyl (C=O) groups excluding carboxylic acids is 1. The van der Waals surface area contributed by atoms with E-state index in [0.29, 0.717) is 16.3 Å². The molecule has 3 rings (SSSR count). The number of aryl methyl sites for hydroxylation is 1. The number of benzene rings is 2. The lowest BCUT2D eigenvalue weighted by molar-refractivity contribution is 0.0955. The highest BCUT2D eigenvalue weighted by atomic mass is 35.5. The fourth-order valence-corrected chi connectivity index (χ4v) is 3.18. The van der Waals surface area contributed by atoms with Crippen molar-refractivity contribution in [1.29, 1.82) is 0 Å². The normalized spacial score (nSPS) is 11.0. The number of halogens is 1. The van der Waals surface area contributed by atoms with Crippen molar-refractivity contribution >= 4 is 23.7 Å². The standard InChI is InChI=1S/C21H20ClN3O2/c1-14-11-17(13-23-24-21(26)16-7-5-4-6-8-16)15(2)25(14)18-9-10-20(27-3)19(22)12-18/h4-13H,1-3H3,(H,24,26)/b23-13-. The van der Waals surface area contributed by atoms with E-state index in [1.807, 2.05) is 56.3 Å². The molecule has 1 N–H and O–H groups in total. The maximum Gasteiger partial charge on any atom is 0.271 e. The van der Waals surface area contributed by atoms with E-state index in [2.05, 4.69) is 15.1 Å². The molecule has 27 heavy (non-hydrogen) atoms. The number of nitrogens with zero attached hydrogens (tertiary/aromatic N) is 2. The zero-order chi connectivity index (χ0) is 19.4. The monoisotopic (exact) mass is 381 g/mol. The van der Waals surface area contributed by atoms with Gasteiger partial charge in [0, 0.05) is 28.2 Å². The average Bonchev–Trinajstić information content (AvgIpc) is 2.95. The van der Waals surface area contributed by atoms with E-state index >= 15 is 0 Å². The Morgan fingerprint density at radius 1 is 1.15 bits per heavy atom. The lowest BCUT2D eigenvalue weighted by atomic mass is 10.2. The van der Waals surface area contributed by atoms with Crippen LogP contribution in [0.1, 0.15) is 27.3 Å². The van der Waals surface area contributed by atoms with Gasteiger partial charge in [-0.25, -0.2) is 5.43 Å². The first-order valence-corrected chi connectivity index (χ1v) is 8.80. The summed E-state index contributed by atoms with van der Waals surface area (Å²) in [6.07, 6.45) is 1.64. The molecular formula is C21H20ClN3O2. The summed E-state index contributed by atoms with van der Waals surface area (Å²) in [6, 6.07) is 16.6. The average molecular weight is 382 g/mol. The first-order chi connectivity index (χ1) is 13.0. The minimum Gasteiger partial charge on any atom is -0.495 e. The molecule has 0 fully saturated rings. The van der Waals surface area contributed by atoms with Crippen molar-refractivity contribution in [3.8, 4) is 11.4 Å². The summed E-state index contributed by atoms with van der Waals surface area (Å²) in [7, 11) is 1.59. The third-order valence-electron chi connectivity index (χ3n) is 4.27. The van der Waals surface area contributed by atoms with Gasteiger partial charge in [-0.05, 0) is 50.2 Å². The van der Waals surface area contributed by atoms with Crippen molar-refractivity contribution in [2.45, 2.75) is 13.8 Å². The fraction of sp³-hybridized carbons (Fsp3) is 0.143. The first-order valence-electron chi connectivity index (χ1n) is 8.42. The quantitative estimate of drug-likeness (QED) is 0.521. The molecular weight excluding hydrogens is 362 g/mol. The highest BCUT2D eigenvalue weighted by molar-refractivity contribution is 6.32. The Morgan fingerprint density at radius 3 is 2.56 bits per heavy atom. The Kier molecular flexibility index (Phi) is 5.62. The summed E-state index contributed by atoms with van der Waals surface area (Å²) in [4.78, 5) is 12.1. The molecule has 0 aliphatic rings. The molecule has 0 atom stereocenters. The lowest BCUT2D eigenvalue weighted by Gasteiger charge is -2.11. The third kappa shape index (κ3) is 4.04. The summed E-state index contributed by atoms with van der Waals surface area (Å²) in [6.45, 7) is 4.00. The van der Waals surface area contributed by atoms with Gasteiger partial charge in [0.1, 0.15) is 5.75 Å². The molecule has 3 aromatic rings. The van der Waals surface area contributed by atoms with E-state index in [4.69, 9.17) is 16.3 Å². The number of amides is 1. The van der Waals surface area contributed by atoms with E-state index < -0.39 is 0 Å². The molecule has 0 spiro atoms. The Balaban J connectivity index is 1.81. The van der Waals surface area contributed by atoms with Crippen LogP contribution in [0.25, 0.3) is 5.69 Å². The molecule has 0 bridgehead atoms. The Bertz CT molecular complexity index is 994.